The summed E-state index contributed by atoms with van der Waals surface area (Å²) >= 11 is 0. The van der Waals surface area contributed by atoms with Gasteiger partial charge in [-0.2, -0.15) is 9.97 Å². The molecule has 13 heteroatoms. The van der Waals surface area contributed by atoms with Crippen LogP contribution in [0.2, 0.25) is 0 Å². The lowest BCUT2D eigenvalue weighted by molar-refractivity contribution is -0.142. The Labute approximate surface area is 180 Å². The number of nitrogens with two attached hydrogens (primary N) is 1. The maximum Gasteiger partial charge on any atom is 0.613 e. The lowest BCUT2D eigenvalue weighted by Crippen LogP contribution is -2.30. The molecule has 2 aliphatic rings. The second-order valence-corrected chi connectivity index (χ2v) is 8.99. The van der Waals surface area contributed by atoms with Crippen molar-refractivity contribution in [3.05, 3.63) is 6.33 Å². The van der Waals surface area contributed by atoms with Crippen LogP contribution >= 0.6 is 8.18 Å². The van der Waals surface area contributed by atoms with Crippen LogP contribution in [0.25, 0.3) is 11.2 Å². The van der Waals surface area contributed by atoms with Crippen molar-refractivity contribution >= 4 is 37.1 Å². The van der Waals surface area contributed by atoms with Gasteiger partial charge in [-0.1, -0.05) is 12.0 Å². The summed E-state index contributed by atoms with van der Waals surface area (Å²) in [6.45, 7) is 3.73. The number of carbonyl (C=O) groups excluding carboxylic acids is 1. The minimum Gasteiger partial charge on any atom is -0.468 e. The van der Waals surface area contributed by atoms with Crippen molar-refractivity contribution in [2.75, 3.05) is 24.8 Å². The predicted molar refractivity (Wildman–Crippen MR) is 112 cm³/mol. The molecule has 4 N–H and O–H groups in total. The largest absolute Gasteiger partial charge is 0.613 e. The number of imidazole rings is 1. The highest BCUT2D eigenvalue weighted by Gasteiger charge is 2.37. The summed E-state index contributed by atoms with van der Waals surface area (Å²) in [6, 6.07) is -0.325. The third-order valence-electron chi connectivity index (χ3n) is 5.32. The molecule has 1 saturated carbocycles. The third-order valence-corrected chi connectivity index (χ3v) is 6.30. The van der Waals surface area contributed by atoms with Gasteiger partial charge >= 0.3 is 14.1 Å². The monoisotopic (exact) mass is 452 g/mol. The van der Waals surface area contributed by atoms with E-state index < -0.39 is 20.2 Å². The molecule has 31 heavy (non-hydrogen) atoms. The zero-order chi connectivity index (χ0) is 22.1. The normalized spacial score (nSPS) is 24.9. The number of hydrogen-bond acceptors (Lipinski definition) is 10. The molecule has 12 nitrogen and oxygen atoms in total. The number of nitrogens with zero attached hydrogens (tertiary/aromatic N) is 4. The van der Waals surface area contributed by atoms with Crippen LogP contribution in [0, 0.1) is 5.92 Å². The van der Waals surface area contributed by atoms with E-state index in [4.69, 9.17) is 15.0 Å². The first kappa shape index (κ1) is 21.8. The van der Waals surface area contributed by atoms with Crippen LogP contribution in [0.1, 0.15) is 39.3 Å². The number of nitrogen functional groups attached to an aromatic ring is 1. The number of aromatic nitrogens is 4. The van der Waals surface area contributed by atoms with Gasteiger partial charge in [0.25, 0.3) is 0 Å². The van der Waals surface area contributed by atoms with Crippen molar-refractivity contribution in [1.82, 2.24) is 24.6 Å². The Bertz CT molecular complexity index is 982. The second-order valence-electron chi connectivity index (χ2n) is 7.96. The highest BCUT2D eigenvalue weighted by Crippen LogP contribution is 2.37. The van der Waals surface area contributed by atoms with E-state index in [9.17, 15) is 9.36 Å². The summed E-state index contributed by atoms with van der Waals surface area (Å²) in [5.41, 5.74) is 7.18. The zero-order valence-corrected chi connectivity index (χ0v) is 18.5. The molecule has 0 spiro atoms. The smallest absolute Gasteiger partial charge is 0.468 e. The molecule has 168 valence electrons. The van der Waals surface area contributed by atoms with Gasteiger partial charge in [0.15, 0.2) is 17.0 Å². The molecule has 3 heterocycles. The van der Waals surface area contributed by atoms with E-state index in [1.165, 1.54) is 7.11 Å². The Balaban J connectivity index is 1.41. The van der Waals surface area contributed by atoms with Gasteiger partial charge in [0, 0.05) is 12.0 Å². The van der Waals surface area contributed by atoms with Crippen molar-refractivity contribution in [1.29, 1.82) is 0 Å². The molecular weight excluding hydrogens is 425 g/mol. The number of hydrogen-bond donors (Lipinski definition) is 3. The number of anilines is 2. The molecular formula is C18H27N7O5P+. The Kier molecular flexibility index (Phi) is 6.33. The SMILES string of the molecule is COC(=O)C(C)N[P+](=O)OCC1CC(C)C(n2cnc3c(NC4CC4)nc(N)nc32)O1. The Morgan fingerprint density at radius 1 is 1.45 bits per heavy atom. The predicted octanol–water partition coefficient (Wildman–Crippen LogP) is 1.73. The number of rotatable bonds is 9. The van der Waals surface area contributed by atoms with E-state index in [1.54, 1.807) is 13.3 Å². The standard InChI is InChI=1S/C18H27N7O5P/c1-9-6-12(7-29-31(27)24-10(2)17(26)28-3)30-16(9)25-8-20-13-14(21-11-4-5-11)22-18(19)23-15(13)25/h8-12,16H,4-7H2,1-3H3,(H,24,27)(H3,19,21,22,23)/q+1. The van der Waals surface area contributed by atoms with Gasteiger partial charge in [0.1, 0.15) is 18.9 Å². The van der Waals surface area contributed by atoms with Gasteiger partial charge in [-0.15, -0.1) is 4.52 Å². The molecule has 5 unspecified atom stereocenters. The maximum absolute atomic E-state index is 12.1. The van der Waals surface area contributed by atoms with Crippen LogP contribution in [-0.4, -0.2) is 57.4 Å². The maximum atomic E-state index is 12.1. The van der Waals surface area contributed by atoms with Crippen LogP contribution < -0.4 is 16.1 Å². The lowest BCUT2D eigenvalue weighted by atomic mass is 10.1. The Morgan fingerprint density at radius 3 is 2.94 bits per heavy atom. The highest BCUT2D eigenvalue weighted by atomic mass is 31.1. The quantitative estimate of drug-likeness (QED) is 0.376. The molecule has 2 aromatic rings. The molecule has 1 saturated heterocycles. The minimum atomic E-state index is -2.23. The molecule has 5 atom stereocenters. The number of methoxy groups -OCH3 is 1. The van der Waals surface area contributed by atoms with Gasteiger partial charge in [0.05, 0.1) is 19.5 Å². The fraction of sp³-hybridized carbons (Fsp3) is 0.667. The molecule has 4 rings (SSSR count). The van der Waals surface area contributed by atoms with Crippen molar-refractivity contribution in [3.63, 3.8) is 0 Å². The van der Waals surface area contributed by atoms with Crippen LogP contribution in [0.3, 0.4) is 0 Å². The average molecular weight is 452 g/mol. The molecule has 0 aromatic carbocycles. The van der Waals surface area contributed by atoms with E-state index in [2.05, 4.69) is 37.0 Å². The summed E-state index contributed by atoms with van der Waals surface area (Å²) in [5, 5.41) is 5.91. The van der Waals surface area contributed by atoms with Crippen LogP contribution in [-0.2, 0) is 23.4 Å². The van der Waals surface area contributed by atoms with Crippen molar-refractivity contribution in [2.24, 2.45) is 5.92 Å². The van der Waals surface area contributed by atoms with Gasteiger partial charge in [0.2, 0.25) is 5.95 Å². The van der Waals surface area contributed by atoms with Crippen LogP contribution in [0.4, 0.5) is 11.8 Å². The molecule has 2 aromatic heterocycles. The minimum absolute atomic E-state index is 0.120. The number of nitrogens with one attached hydrogen (secondary N) is 2. The molecule has 0 amide bonds. The van der Waals surface area contributed by atoms with E-state index in [1.807, 2.05) is 4.57 Å². The number of ether oxygens (including phenoxy) is 2. The first-order valence-corrected chi connectivity index (χ1v) is 11.4. The fourth-order valence-corrected chi connectivity index (χ4v) is 4.38. The Morgan fingerprint density at radius 2 is 2.23 bits per heavy atom. The summed E-state index contributed by atoms with van der Waals surface area (Å²) in [5.74, 6) is 0.436. The van der Waals surface area contributed by atoms with Gasteiger partial charge in [-0.25, -0.2) is 4.98 Å². The molecule has 0 radical (unpaired) electrons. The molecule has 2 fully saturated rings. The summed E-state index contributed by atoms with van der Waals surface area (Å²) < 4.78 is 30.0. The number of fused-ring (bicyclic) bond motifs is 1. The molecule has 0 bridgehead atoms. The van der Waals surface area contributed by atoms with E-state index in [-0.39, 0.29) is 30.8 Å². The molecule has 1 aliphatic heterocycles. The van der Waals surface area contributed by atoms with E-state index in [0.717, 1.165) is 12.8 Å². The topological polar surface area (TPSA) is 156 Å². The van der Waals surface area contributed by atoms with Crippen molar-refractivity contribution in [3.8, 4) is 0 Å². The van der Waals surface area contributed by atoms with Crippen molar-refractivity contribution in [2.45, 2.75) is 57.5 Å². The first-order chi connectivity index (χ1) is 14.9. The van der Waals surface area contributed by atoms with Crippen molar-refractivity contribution < 1.29 is 23.4 Å². The Hall–Kier alpha value is -2.40. The fourth-order valence-electron chi connectivity index (χ4n) is 3.58. The number of esters is 1. The summed E-state index contributed by atoms with van der Waals surface area (Å²) in [6.07, 6.45) is 4.00. The van der Waals surface area contributed by atoms with Gasteiger partial charge in [-0.3, -0.25) is 9.36 Å². The third kappa shape index (κ3) is 4.93. The second kappa shape index (κ2) is 8.99. The first-order valence-electron chi connectivity index (χ1n) is 10.2. The van der Waals surface area contributed by atoms with Crippen LogP contribution in [0.5, 0.6) is 0 Å². The molecule has 1 aliphatic carbocycles. The average Bonchev–Trinajstić information content (AvgIpc) is 3.33. The van der Waals surface area contributed by atoms with E-state index >= 15 is 0 Å². The summed E-state index contributed by atoms with van der Waals surface area (Å²) in [4.78, 5) is 24.6. The lowest BCUT2D eigenvalue weighted by Gasteiger charge is -2.17. The summed E-state index contributed by atoms with van der Waals surface area (Å²) in [7, 11) is -0.963. The number of carbonyl (C=O) groups is 1. The van der Waals surface area contributed by atoms with Gasteiger partial charge < -0.3 is 20.5 Å². The highest BCUT2D eigenvalue weighted by molar-refractivity contribution is 7.36. The van der Waals surface area contributed by atoms with Gasteiger partial charge in [-0.05, 0) is 30.8 Å². The zero-order valence-electron chi connectivity index (χ0n) is 17.6. The van der Waals surface area contributed by atoms with Crippen LogP contribution in [0.15, 0.2) is 6.33 Å². The van der Waals surface area contributed by atoms with E-state index in [0.29, 0.717) is 29.4 Å².